The van der Waals surface area contributed by atoms with Gasteiger partial charge in [-0.1, -0.05) is 12.1 Å². The van der Waals surface area contributed by atoms with Gasteiger partial charge in [-0.15, -0.1) is 0 Å². The summed E-state index contributed by atoms with van der Waals surface area (Å²) >= 11 is 0. The standard InChI is InChI=1S/C9H14N6O/c1-3-9(2,4-10)8-13-7(15-16-8)6-11-5-12-14-6/h5H,3-4,10H2,1-2H3,(H,11,12,14). The summed E-state index contributed by atoms with van der Waals surface area (Å²) in [6.45, 7) is 4.48. The van der Waals surface area contributed by atoms with Crippen LogP contribution in [-0.2, 0) is 5.41 Å². The molecular formula is C9H14N6O. The van der Waals surface area contributed by atoms with Gasteiger partial charge in [0.1, 0.15) is 6.33 Å². The summed E-state index contributed by atoms with van der Waals surface area (Å²) in [5.74, 6) is 1.43. The zero-order chi connectivity index (χ0) is 11.6. The average molecular weight is 222 g/mol. The zero-order valence-corrected chi connectivity index (χ0v) is 9.27. The molecule has 7 nitrogen and oxygen atoms in total. The molecule has 2 heterocycles. The Morgan fingerprint density at radius 2 is 2.38 bits per heavy atom. The number of hydrogen-bond acceptors (Lipinski definition) is 6. The van der Waals surface area contributed by atoms with Crippen LogP contribution in [0.5, 0.6) is 0 Å². The number of nitrogens with two attached hydrogens (primary N) is 1. The van der Waals surface area contributed by atoms with Gasteiger partial charge in [0.2, 0.25) is 11.7 Å². The van der Waals surface area contributed by atoms with E-state index in [0.29, 0.717) is 24.1 Å². The van der Waals surface area contributed by atoms with Crippen molar-refractivity contribution in [2.75, 3.05) is 6.54 Å². The summed E-state index contributed by atoms with van der Waals surface area (Å²) in [6.07, 6.45) is 2.23. The number of aromatic nitrogens is 5. The fourth-order valence-electron chi connectivity index (χ4n) is 1.26. The first kappa shape index (κ1) is 10.7. The van der Waals surface area contributed by atoms with Gasteiger partial charge in [-0.2, -0.15) is 10.1 Å². The molecule has 2 rings (SSSR count). The maximum absolute atomic E-state index is 5.71. The predicted molar refractivity (Wildman–Crippen MR) is 56.4 cm³/mol. The lowest BCUT2D eigenvalue weighted by molar-refractivity contribution is 0.291. The van der Waals surface area contributed by atoms with Gasteiger partial charge in [0, 0.05) is 6.54 Å². The van der Waals surface area contributed by atoms with Gasteiger partial charge >= 0.3 is 0 Å². The zero-order valence-electron chi connectivity index (χ0n) is 9.27. The minimum absolute atomic E-state index is 0.286. The molecule has 0 radical (unpaired) electrons. The van der Waals surface area contributed by atoms with Crippen LogP contribution in [-0.4, -0.2) is 31.9 Å². The molecule has 0 fully saturated rings. The Kier molecular flexibility index (Phi) is 2.69. The van der Waals surface area contributed by atoms with Crippen molar-refractivity contribution in [1.82, 2.24) is 25.3 Å². The number of aromatic amines is 1. The molecule has 2 aromatic heterocycles. The molecule has 2 aromatic rings. The lowest BCUT2D eigenvalue weighted by atomic mass is 9.88. The number of nitrogens with one attached hydrogen (secondary N) is 1. The maximum Gasteiger partial charge on any atom is 0.239 e. The van der Waals surface area contributed by atoms with Crippen LogP contribution in [0, 0.1) is 0 Å². The molecule has 0 saturated carbocycles. The first-order chi connectivity index (χ1) is 7.69. The van der Waals surface area contributed by atoms with Crippen LogP contribution >= 0.6 is 0 Å². The summed E-state index contributed by atoms with van der Waals surface area (Å²) in [5.41, 5.74) is 5.43. The van der Waals surface area contributed by atoms with Crippen molar-refractivity contribution in [3.8, 4) is 11.6 Å². The molecule has 0 bridgehead atoms. The minimum atomic E-state index is -0.286. The van der Waals surface area contributed by atoms with Crippen molar-refractivity contribution in [2.45, 2.75) is 25.7 Å². The molecule has 0 saturated heterocycles. The first-order valence-corrected chi connectivity index (χ1v) is 5.09. The van der Waals surface area contributed by atoms with Crippen LogP contribution in [0.15, 0.2) is 10.9 Å². The molecule has 3 N–H and O–H groups in total. The van der Waals surface area contributed by atoms with Gasteiger partial charge < -0.3 is 10.3 Å². The second kappa shape index (κ2) is 4.01. The van der Waals surface area contributed by atoms with E-state index in [4.69, 9.17) is 10.3 Å². The highest BCUT2D eigenvalue weighted by molar-refractivity contribution is 5.40. The van der Waals surface area contributed by atoms with Crippen molar-refractivity contribution in [1.29, 1.82) is 0 Å². The Morgan fingerprint density at radius 1 is 1.56 bits per heavy atom. The second-order valence-corrected chi connectivity index (χ2v) is 3.88. The Labute approximate surface area is 92.5 Å². The predicted octanol–water partition coefficient (Wildman–Crippen LogP) is 0.481. The van der Waals surface area contributed by atoms with Crippen LogP contribution in [0.4, 0.5) is 0 Å². The van der Waals surface area contributed by atoms with Gasteiger partial charge in [0.25, 0.3) is 0 Å². The van der Waals surface area contributed by atoms with E-state index >= 15 is 0 Å². The highest BCUT2D eigenvalue weighted by Crippen LogP contribution is 2.25. The molecule has 0 aliphatic carbocycles. The number of hydrogen-bond donors (Lipinski definition) is 2. The molecule has 0 amide bonds. The molecule has 7 heteroatoms. The third kappa shape index (κ3) is 1.69. The highest BCUT2D eigenvalue weighted by Gasteiger charge is 2.30. The van der Waals surface area contributed by atoms with Gasteiger partial charge in [0.15, 0.2) is 5.82 Å². The van der Waals surface area contributed by atoms with Crippen molar-refractivity contribution < 1.29 is 4.52 Å². The largest absolute Gasteiger partial charge is 0.338 e. The first-order valence-electron chi connectivity index (χ1n) is 5.09. The Bertz CT molecular complexity index is 444. The fourth-order valence-corrected chi connectivity index (χ4v) is 1.26. The number of rotatable bonds is 4. The van der Waals surface area contributed by atoms with Gasteiger partial charge in [-0.25, -0.2) is 4.98 Å². The minimum Gasteiger partial charge on any atom is -0.338 e. The summed E-state index contributed by atoms with van der Waals surface area (Å²) in [5, 5.41) is 10.2. The molecule has 86 valence electrons. The van der Waals surface area contributed by atoms with Crippen molar-refractivity contribution in [2.24, 2.45) is 5.73 Å². The van der Waals surface area contributed by atoms with Gasteiger partial charge in [0.05, 0.1) is 5.41 Å². The van der Waals surface area contributed by atoms with E-state index in [0.717, 1.165) is 6.42 Å². The monoisotopic (exact) mass is 222 g/mol. The lowest BCUT2D eigenvalue weighted by Gasteiger charge is -2.20. The molecule has 0 aliphatic heterocycles. The van der Waals surface area contributed by atoms with Crippen LogP contribution in [0.3, 0.4) is 0 Å². The average Bonchev–Trinajstić information content (AvgIpc) is 2.97. The third-order valence-electron chi connectivity index (χ3n) is 2.80. The van der Waals surface area contributed by atoms with E-state index < -0.39 is 0 Å². The van der Waals surface area contributed by atoms with Crippen molar-refractivity contribution in [3.05, 3.63) is 12.2 Å². The fraction of sp³-hybridized carbons (Fsp3) is 0.556. The van der Waals surface area contributed by atoms with E-state index in [9.17, 15) is 0 Å². The summed E-state index contributed by atoms with van der Waals surface area (Å²) < 4.78 is 5.21. The number of H-pyrrole nitrogens is 1. The van der Waals surface area contributed by atoms with Crippen molar-refractivity contribution in [3.63, 3.8) is 0 Å². The van der Waals surface area contributed by atoms with Crippen LogP contribution in [0.1, 0.15) is 26.2 Å². The summed E-state index contributed by atoms with van der Waals surface area (Å²) in [7, 11) is 0. The summed E-state index contributed by atoms with van der Waals surface area (Å²) in [4.78, 5) is 8.23. The molecular weight excluding hydrogens is 208 g/mol. The van der Waals surface area contributed by atoms with E-state index in [1.807, 2.05) is 13.8 Å². The van der Waals surface area contributed by atoms with Crippen LogP contribution < -0.4 is 5.73 Å². The molecule has 1 unspecified atom stereocenters. The number of nitrogens with zero attached hydrogens (tertiary/aromatic N) is 4. The van der Waals surface area contributed by atoms with E-state index in [2.05, 4.69) is 25.3 Å². The quantitative estimate of drug-likeness (QED) is 0.779. The van der Waals surface area contributed by atoms with Crippen molar-refractivity contribution >= 4 is 0 Å². The smallest absolute Gasteiger partial charge is 0.239 e. The molecule has 16 heavy (non-hydrogen) atoms. The lowest BCUT2D eigenvalue weighted by Crippen LogP contribution is -2.31. The van der Waals surface area contributed by atoms with E-state index in [1.54, 1.807) is 0 Å². The van der Waals surface area contributed by atoms with Crippen LogP contribution in [0.25, 0.3) is 11.6 Å². The highest BCUT2D eigenvalue weighted by atomic mass is 16.5. The molecule has 1 atom stereocenters. The Hall–Kier alpha value is -1.76. The topological polar surface area (TPSA) is 107 Å². The van der Waals surface area contributed by atoms with Gasteiger partial charge in [-0.05, 0) is 13.3 Å². The van der Waals surface area contributed by atoms with E-state index in [1.165, 1.54) is 6.33 Å². The molecule has 0 spiro atoms. The second-order valence-electron chi connectivity index (χ2n) is 3.88. The summed E-state index contributed by atoms with van der Waals surface area (Å²) in [6, 6.07) is 0. The normalized spacial score (nSPS) is 14.9. The maximum atomic E-state index is 5.71. The molecule has 0 aromatic carbocycles. The van der Waals surface area contributed by atoms with E-state index in [-0.39, 0.29) is 5.41 Å². The van der Waals surface area contributed by atoms with Crippen LogP contribution in [0.2, 0.25) is 0 Å². The Morgan fingerprint density at radius 3 is 2.94 bits per heavy atom. The molecule has 0 aliphatic rings. The SMILES string of the molecule is CCC(C)(CN)c1nc(-c2ncn[nH]2)no1. The van der Waals surface area contributed by atoms with Gasteiger partial charge in [-0.3, -0.25) is 5.10 Å². The third-order valence-corrected chi connectivity index (χ3v) is 2.80. The Balaban J connectivity index is 2.33.